The van der Waals surface area contributed by atoms with Crippen molar-refractivity contribution in [3.8, 4) is 5.88 Å². The van der Waals surface area contributed by atoms with Crippen molar-refractivity contribution in [3.63, 3.8) is 0 Å². The number of nitrogens with one attached hydrogen (secondary N) is 1. The minimum absolute atomic E-state index is 0.107. The number of amides is 1. The topological polar surface area (TPSA) is 60.5 Å². The third-order valence-corrected chi connectivity index (χ3v) is 4.04. The molecule has 0 aliphatic rings. The molecule has 0 aliphatic heterocycles. The van der Waals surface area contributed by atoms with Crippen LogP contribution in [-0.2, 0) is 9.53 Å². The van der Waals surface area contributed by atoms with E-state index in [0.717, 1.165) is 12.1 Å². The summed E-state index contributed by atoms with van der Waals surface area (Å²) in [5, 5.41) is 3.01. The molecule has 0 unspecified atom stereocenters. The van der Waals surface area contributed by atoms with Crippen molar-refractivity contribution in [3.05, 3.63) is 17.8 Å². The van der Waals surface area contributed by atoms with E-state index in [1.807, 2.05) is 13.0 Å². The smallest absolute Gasteiger partial charge is 0.256 e. The highest BCUT2D eigenvalue weighted by Crippen LogP contribution is 2.30. The lowest BCUT2D eigenvalue weighted by Crippen LogP contribution is -2.47. The van der Waals surface area contributed by atoms with Gasteiger partial charge in [0, 0.05) is 13.2 Å². The Morgan fingerprint density at radius 3 is 2.24 bits per heavy atom. The molecule has 1 rings (SSSR count). The lowest BCUT2D eigenvalue weighted by Gasteiger charge is -2.34. The Bertz CT molecular complexity index is 546. The quantitative estimate of drug-likeness (QED) is 0.670. The van der Waals surface area contributed by atoms with Crippen LogP contribution in [0.5, 0.6) is 5.88 Å². The molecule has 0 saturated carbocycles. The first kappa shape index (κ1) is 21.4. The van der Waals surface area contributed by atoms with E-state index >= 15 is 0 Å². The van der Waals surface area contributed by atoms with Crippen molar-refractivity contribution in [1.29, 1.82) is 0 Å². The van der Waals surface area contributed by atoms with Gasteiger partial charge in [-0.25, -0.2) is 4.98 Å². The van der Waals surface area contributed by atoms with E-state index in [4.69, 9.17) is 9.47 Å². The number of methoxy groups -OCH3 is 1. The van der Waals surface area contributed by atoms with Gasteiger partial charge in [0.2, 0.25) is 5.88 Å². The number of hydrogen-bond donors (Lipinski definition) is 1. The summed E-state index contributed by atoms with van der Waals surface area (Å²) in [6.45, 7) is 13.0. The van der Waals surface area contributed by atoms with Gasteiger partial charge in [0.25, 0.3) is 5.91 Å². The number of pyridine rings is 1. The van der Waals surface area contributed by atoms with Gasteiger partial charge in [0.05, 0.1) is 18.0 Å². The Hall–Kier alpha value is -1.62. The number of nitrogens with zero attached hydrogens (tertiary/aromatic N) is 1. The van der Waals surface area contributed by atoms with E-state index < -0.39 is 5.60 Å². The fourth-order valence-electron chi connectivity index (χ4n) is 3.04. The normalized spacial score (nSPS) is 11.9. The van der Waals surface area contributed by atoms with Gasteiger partial charge < -0.3 is 14.8 Å². The Morgan fingerprint density at radius 1 is 1.20 bits per heavy atom. The van der Waals surface area contributed by atoms with Gasteiger partial charge in [-0.1, -0.05) is 34.6 Å². The Labute approximate surface area is 152 Å². The fraction of sp³-hybridized carbons (Fsp3) is 0.700. The Kier molecular flexibility index (Phi) is 8.36. The number of ether oxygens (including phenoxy) is 2. The molecule has 1 N–H and O–H groups in total. The highest BCUT2D eigenvalue weighted by molar-refractivity contribution is 5.97. The molecule has 0 saturated heterocycles. The molecule has 0 bridgehead atoms. The van der Waals surface area contributed by atoms with E-state index in [2.05, 4.69) is 44.9 Å². The first-order valence-electron chi connectivity index (χ1n) is 9.21. The molecule has 0 aromatic carbocycles. The molecule has 142 valence electrons. The van der Waals surface area contributed by atoms with Crippen LogP contribution in [0.1, 0.15) is 59.6 Å². The molecule has 25 heavy (non-hydrogen) atoms. The molecular weight excluding hydrogens is 316 g/mol. The third kappa shape index (κ3) is 6.31. The molecule has 0 radical (unpaired) electrons. The second-order valence-corrected chi connectivity index (χ2v) is 7.48. The zero-order chi connectivity index (χ0) is 19.0. The molecule has 1 aromatic rings. The average molecular weight is 351 g/mol. The zero-order valence-electron chi connectivity index (χ0n) is 16.8. The molecule has 1 amide bonds. The van der Waals surface area contributed by atoms with Crippen molar-refractivity contribution in [2.75, 3.05) is 19.0 Å². The highest BCUT2D eigenvalue weighted by Gasteiger charge is 2.39. The van der Waals surface area contributed by atoms with Crippen LogP contribution in [0.25, 0.3) is 0 Å². The van der Waals surface area contributed by atoms with Crippen molar-refractivity contribution in [2.45, 2.75) is 66.4 Å². The maximum atomic E-state index is 13.1. The molecule has 0 spiro atoms. The summed E-state index contributed by atoms with van der Waals surface area (Å²) in [4.78, 5) is 17.5. The monoisotopic (exact) mass is 350 g/mol. The number of anilines is 1. The van der Waals surface area contributed by atoms with Crippen LogP contribution < -0.4 is 10.1 Å². The molecular formula is C20H34N2O3. The number of aromatic nitrogens is 1. The lowest BCUT2D eigenvalue weighted by molar-refractivity contribution is -0.142. The van der Waals surface area contributed by atoms with Crippen LogP contribution in [0.15, 0.2) is 12.1 Å². The third-order valence-electron chi connectivity index (χ3n) is 4.04. The summed E-state index contributed by atoms with van der Waals surface area (Å²) in [5.74, 6) is 1.19. The SMILES string of the molecule is CCCOc1ccc(NC(=O)C(CC(C)C)(CC(C)C)OC)c(C)n1. The van der Waals surface area contributed by atoms with Crippen LogP contribution >= 0.6 is 0 Å². The summed E-state index contributed by atoms with van der Waals surface area (Å²) in [7, 11) is 1.62. The first-order chi connectivity index (χ1) is 11.7. The predicted molar refractivity (Wildman–Crippen MR) is 102 cm³/mol. The van der Waals surface area contributed by atoms with Crippen molar-refractivity contribution >= 4 is 11.6 Å². The van der Waals surface area contributed by atoms with Gasteiger partial charge in [-0.2, -0.15) is 0 Å². The average Bonchev–Trinajstić information content (AvgIpc) is 2.53. The van der Waals surface area contributed by atoms with E-state index in [1.54, 1.807) is 13.2 Å². The summed E-state index contributed by atoms with van der Waals surface area (Å²) in [5.41, 5.74) is 0.607. The Morgan fingerprint density at radius 2 is 1.80 bits per heavy atom. The Balaban J connectivity index is 2.99. The highest BCUT2D eigenvalue weighted by atomic mass is 16.5. The lowest BCUT2D eigenvalue weighted by atomic mass is 9.84. The molecule has 0 fully saturated rings. The van der Waals surface area contributed by atoms with Crippen LogP contribution in [-0.4, -0.2) is 30.2 Å². The minimum Gasteiger partial charge on any atom is -0.478 e. The molecule has 5 nitrogen and oxygen atoms in total. The summed E-state index contributed by atoms with van der Waals surface area (Å²) in [6, 6.07) is 3.63. The molecule has 0 aliphatic carbocycles. The number of carbonyl (C=O) groups is 1. The van der Waals surface area contributed by atoms with Gasteiger partial charge >= 0.3 is 0 Å². The molecule has 0 atom stereocenters. The number of hydrogen-bond acceptors (Lipinski definition) is 4. The van der Waals surface area contributed by atoms with E-state index in [0.29, 0.717) is 42.9 Å². The van der Waals surface area contributed by atoms with Gasteiger partial charge in [-0.05, 0) is 44.1 Å². The second kappa shape index (κ2) is 9.76. The first-order valence-corrected chi connectivity index (χ1v) is 9.21. The van der Waals surface area contributed by atoms with Gasteiger partial charge in [-0.3, -0.25) is 4.79 Å². The summed E-state index contributed by atoms with van der Waals surface area (Å²) < 4.78 is 11.3. The number of aryl methyl sites for hydroxylation is 1. The van der Waals surface area contributed by atoms with Crippen LogP contribution in [0.4, 0.5) is 5.69 Å². The maximum absolute atomic E-state index is 13.1. The minimum atomic E-state index is -0.827. The molecule has 1 aromatic heterocycles. The van der Waals surface area contributed by atoms with Crippen LogP contribution in [0.3, 0.4) is 0 Å². The van der Waals surface area contributed by atoms with Crippen LogP contribution in [0.2, 0.25) is 0 Å². The number of rotatable bonds is 10. The zero-order valence-corrected chi connectivity index (χ0v) is 16.8. The predicted octanol–water partition coefficient (Wildman–Crippen LogP) is 4.59. The van der Waals surface area contributed by atoms with E-state index in [1.165, 1.54) is 0 Å². The van der Waals surface area contributed by atoms with Gasteiger partial charge in [0.1, 0.15) is 5.60 Å². The molecule has 5 heteroatoms. The molecule has 1 heterocycles. The van der Waals surface area contributed by atoms with Crippen molar-refractivity contribution < 1.29 is 14.3 Å². The number of carbonyl (C=O) groups excluding carboxylic acids is 1. The largest absolute Gasteiger partial charge is 0.478 e. The summed E-state index contributed by atoms with van der Waals surface area (Å²) >= 11 is 0. The van der Waals surface area contributed by atoms with E-state index in [-0.39, 0.29) is 5.91 Å². The summed E-state index contributed by atoms with van der Waals surface area (Å²) in [6.07, 6.45) is 2.29. The van der Waals surface area contributed by atoms with Crippen molar-refractivity contribution in [1.82, 2.24) is 4.98 Å². The van der Waals surface area contributed by atoms with Gasteiger partial charge in [0.15, 0.2) is 0 Å². The second-order valence-electron chi connectivity index (χ2n) is 7.48. The van der Waals surface area contributed by atoms with Crippen molar-refractivity contribution in [2.24, 2.45) is 11.8 Å². The van der Waals surface area contributed by atoms with Gasteiger partial charge in [-0.15, -0.1) is 0 Å². The van der Waals surface area contributed by atoms with Crippen LogP contribution in [0, 0.1) is 18.8 Å². The maximum Gasteiger partial charge on any atom is 0.256 e. The standard InChI is InChI=1S/C20H34N2O3/c1-8-11-25-18-10-9-17(16(6)21-18)22-19(23)20(24-7,12-14(2)3)13-15(4)5/h9-10,14-15H,8,11-13H2,1-7H3,(H,22,23). The van der Waals surface area contributed by atoms with E-state index in [9.17, 15) is 4.79 Å². The fourth-order valence-corrected chi connectivity index (χ4v) is 3.04.